The van der Waals surface area contributed by atoms with Crippen LogP contribution in [0.5, 0.6) is 0 Å². The van der Waals surface area contributed by atoms with Crippen molar-refractivity contribution in [3.63, 3.8) is 0 Å². The van der Waals surface area contributed by atoms with E-state index in [0.29, 0.717) is 16.3 Å². The standard InChI is InChI=1S/C21H13F3N2OS/c22-21(23,24)15-9-3-1-7-13(15)19(27)25-16-10-4-2-8-14(16)20-26-17-11-5-6-12-18(17)28-20/h1-12H,(H,25,27). The fourth-order valence-electron chi connectivity index (χ4n) is 2.88. The van der Waals surface area contributed by atoms with Crippen molar-refractivity contribution >= 4 is 33.1 Å². The molecule has 0 unspecified atom stereocenters. The Morgan fingerprint density at radius 2 is 1.57 bits per heavy atom. The molecular weight excluding hydrogens is 385 g/mol. The van der Waals surface area contributed by atoms with Crippen molar-refractivity contribution in [1.29, 1.82) is 0 Å². The number of carbonyl (C=O) groups excluding carboxylic acids is 1. The number of nitrogens with one attached hydrogen (secondary N) is 1. The number of para-hydroxylation sites is 2. The lowest BCUT2D eigenvalue weighted by atomic mass is 10.1. The van der Waals surface area contributed by atoms with Crippen LogP contribution in [0, 0.1) is 0 Å². The molecular formula is C21H13F3N2OS. The molecule has 7 heteroatoms. The van der Waals surface area contributed by atoms with Gasteiger partial charge in [0.2, 0.25) is 0 Å². The molecule has 0 atom stereocenters. The van der Waals surface area contributed by atoms with Gasteiger partial charge in [-0.25, -0.2) is 4.98 Å². The molecule has 0 aliphatic carbocycles. The van der Waals surface area contributed by atoms with Crippen molar-refractivity contribution in [1.82, 2.24) is 4.98 Å². The zero-order chi connectivity index (χ0) is 19.7. The molecule has 1 heterocycles. The third kappa shape index (κ3) is 3.48. The Kier molecular flexibility index (Phi) is 4.60. The summed E-state index contributed by atoms with van der Waals surface area (Å²) in [6.45, 7) is 0. The number of hydrogen-bond donors (Lipinski definition) is 1. The number of aromatic nitrogens is 1. The summed E-state index contributed by atoms with van der Waals surface area (Å²) in [5, 5.41) is 3.29. The number of rotatable bonds is 3. The van der Waals surface area contributed by atoms with Gasteiger partial charge in [0.25, 0.3) is 5.91 Å². The van der Waals surface area contributed by atoms with Crippen LogP contribution in [0.1, 0.15) is 15.9 Å². The number of halogens is 3. The Balaban J connectivity index is 1.71. The number of anilines is 1. The quantitative estimate of drug-likeness (QED) is 0.444. The molecule has 4 rings (SSSR count). The Bertz CT molecular complexity index is 1130. The van der Waals surface area contributed by atoms with E-state index in [2.05, 4.69) is 10.3 Å². The lowest BCUT2D eigenvalue weighted by Gasteiger charge is -2.14. The van der Waals surface area contributed by atoms with Gasteiger partial charge >= 0.3 is 6.18 Å². The van der Waals surface area contributed by atoms with Crippen LogP contribution in [-0.2, 0) is 6.18 Å². The molecule has 1 aromatic heterocycles. The van der Waals surface area contributed by atoms with Gasteiger partial charge in [0.15, 0.2) is 0 Å². The number of alkyl halides is 3. The molecule has 28 heavy (non-hydrogen) atoms. The van der Waals surface area contributed by atoms with Gasteiger partial charge in [-0.05, 0) is 36.4 Å². The third-order valence-electron chi connectivity index (χ3n) is 4.18. The lowest BCUT2D eigenvalue weighted by Crippen LogP contribution is -2.18. The molecule has 1 N–H and O–H groups in total. The van der Waals surface area contributed by atoms with Gasteiger partial charge in [0, 0.05) is 5.56 Å². The van der Waals surface area contributed by atoms with Crippen molar-refractivity contribution < 1.29 is 18.0 Å². The Morgan fingerprint density at radius 3 is 2.36 bits per heavy atom. The summed E-state index contributed by atoms with van der Waals surface area (Å²) in [6.07, 6.45) is -4.61. The van der Waals surface area contributed by atoms with Crippen LogP contribution in [0.25, 0.3) is 20.8 Å². The number of amides is 1. The zero-order valence-corrected chi connectivity index (χ0v) is 15.1. The SMILES string of the molecule is O=C(Nc1ccccc1-c1nc2ccccc2s1)c1ccccc1C(F)(F)F. The fourth-order valence-corrected chi connectivity index (χ4v) is 3.89. The maximum atomic E-state index is 13.2. The number of nitrogens with zero attached hydrogens (tertiary/aromatic N) is 1. The van der Waals surface area contributed by atoms with Crippen LogP contribution < -0.4 is 5.32 Å². The van der Waals surface area contributed by atoms with Crippen LogP contribution >= 0.6 is 11.3 Å². The van der Waals surface area contributed by atoms with E-state index in [9.17, 15) is 18.0 Å². The normalized spacial score (nSPS) is 11.5. The van der Waals surface area contributed by atoms with Crippen LogP contribution in [0.2, 0.25) is 0 Å². The van der Waals surface area contributed by atoms with E-state index in [1.165, 1.54) is 29.5 Å². The fraction of sp³-hybridized carbons (Fsp3) is 0.0476. The molecule has 0 saturated carbocycles. The number of carbonyl (C=O) groups is 1. The first-order valence-electron chi connectivity index (χ1n) is 8.36. The summed E-state index contributed by atoms with van der Waals surface area (Å²) < 4.78 is 40.7. The molecule has 4 aromatic rings. The monoisotopic (exact) mass is 398 g/mol. The van der Waals surface area contributed by atoms with Crippen molar-refractivity contribution in [2.45, 2.75) is 6.18 Å². The predicted molar refractivity (Wildman–Crippen MR) is 104 cm³/mol. The zero-order valence-electron chi connectivity index (χ0n) is 14.3. The van der Waals surface area contributed by atoms with Crippen LogP contribution in [0.15, 0.2) is 72.8 Å². The van der Waals surface area contributed by atoms with Gasteiger partial charge in [0.05, 0.1) is 27.0 Å². The van der Waals surface area contributed by atoms with Gasteiger partial charge in [-0.15, -0.1) is 11.3 Å². The second-order valence-corrected chi connectivity index (χ2v) is 7.06. The van der Waals surface area contributed by atoms with E-state index in [0.717, 1.165) is 16.3 Å². The Hall–Kier alpha value is -3.19. The maximum absolute atomic E-state index is 13.2. The molecule has 3 aromatic carbocycles. The molecule has 0 aliphatic rings. The predicted octanol–water partition coefficient (Wildman–Crippen LogP) is 6.23. The average molecular weight is 398 g/mol. The van der Waals surface area contributed by atoms with E-state index >= 15 is 0 Å². The van der Waals surface area contributed by atoms with Crippen molar-refractivity contribution in [2.75, 3.05) is 5.32 Å². The number of fused-ring (bicyclic) bond motifs is 1. The lowest BCUT2D eigenvalue weighted by molar-refractivity contribution is -0.137. The highest BCUT2D eigenvalue weighted by Crippen LogP contribution is 2.36. The van der Waals surface area contributed by atoms with Gasteiger partial charge in [-0.2, -0.15) is 13.2 Å². The van der Waals surface area contributed by atoms with E-state index in [4.69, 9.17) is 0 Å². The minimum Gasteiger partial charge on any atom is -0.321 e. The molecule has 140 valence electrons. The van der Waals surface area contributed by atoms with E-state index in [1.54, 1.807) is 24.3 Å². The van der Waals surface area contributed by atoms with Gasteiger partial charge in [-0.1, -0.05) is 36.4 Å². The third-order valence-corrected chi connectivity index (χ3v) is 5.25. The summed E-state index contributed by atoms with van der Waals surface area (Å²) in [7, 11) is 0. The van der Waals surface area contributed by atoms with Gasteiger partial charge in [0.1, 0.15) is 5.01 Å². The Morgan fingerprint density at radius 1 is 0.893 bits per heavy atom. The average Bonchev–Trinajstić information content (AvgIpc) is 3.12. The summed E-state index contributed by atoms with van der Waals surface area (Å²) in [5.41, 5.74) is 0.496. The van der Waals surface area contributed by atoms with Crippen molar-refractivity contribution in [2.24, 2.45) is 0 Å². The topological polar surface area (TPSA) is 42.0 Å². The highest BCUT2D eigenvalue weighted by molar-refractivity contribution is 7.21. The number of thiazole rings is 1. The minimum atomic E-state index is -4.61. The van der Waals surface area contributed by atoms with Gasteiger partial charge < -0.3 is 5.32 Å². The van der Waals surface area contributed by atoms with Crippen LogP contribution in [0.3, 0.4) is 0 Å². The highest BCUT2D eigenvalue weighted by Gasteiger charge is 2.35. The second kappa shape index (κ2) is 7.09. The summed E-state index contributed by atoms with van der Waals surface area (Å²) in [6, 6.07) is 19.3. The molecule has 0 spiro atoms. The molecule has 0 radical (unpaired) electrons. The van der Waals surface area contributed by atoms with Crippen LogP contribution in [-0.4, -0.2) is 10.9 Å². The first-order chi connectivity index (χ1) is 13.4. The van der Waals surface area contributed by atoms with Gasteiger partial charge in [-0.3, -0.25) is 4.79 Å². The summed E-state index contributed by atoms with van der Waals surface area (Å²) in [5.74, 6) is -0.818. The maximum Gasteiger partial charge on any atom is 0.417 e. The molecule has 0 bridgehead atoms. The molecule has 3 nitrogen and oxygen atoms in total. The molecule has 0 aliphatic heterocycles. The summed E-state index contributed by atoms with van der Waals surface area (Å²) >= 11 is 1.45. The van der Waals surface area contributed by atoms with E-state index in [-0.39, 0.29) is 0 Å². The largest absolute Gasteiger partial charge is 0.417 e. The first kappa shape index (κ1) is 18.2. The van der Waals surface area contributed by atoms with E-state index in [1.807, 2.05) is 24.3 Å². The summed E-state index contributed by atoms with van der Waals surface area (Å²) in [4.78, 5) is 17.2. The molecule has 0 saturated heterocycles. The number of benzene rings is 3. The molecule has 1 amide bonds. The smallest absolute Gasteiger partial charge is 0.321 e. The van der Waals surface area contributed by atoms with Crippen molar-refractivity contribution in [3.8, 4) is 10.6 Å². The molecule has 0 fully saturated rings. The second-order valence-electron chi connectivity index (χ2n) is 6.03. The first-order valence-corrected chi connectivity index (χ1v) is 9.18. The van der Waals surface area contributed by atoms with E-state index < -0.39 is 23.2 Å². The minimum absolute atomic E-state index is 0.406. The van der Waals surface area contributed by atoms with Crippen molar-refractivity contribution in [3.05, 3.63) is 83.9 Å². The number of hydrogen-bond acceptors (Lipinski definition) is 3. The Labute approximate surface area is 162 Å². The highest BCUT2D eigenvalue weighted by atomic mass is 32.1. The van der Waals surface area contributed by atoms with Crippen LogP contribution in [0.4, 0.5) is 18.9 Å².